The molecule has 0 amide bonds. The summed E-state index contributed by atoms with van der Waals surface area (Å²) in [6.07, 6.45) is 7.69. The van der Waals surface area contributed by atoms with Crippen molar-refractivity contribution in [2.24, 2.45) is 0 Å². The zero-order chi connectivity index (χ0) is 22.5. The fourth-order valence-corrected chi connectivity index (χ4v) is 4.51. The first-order valence-corrected chi connectivity index (χ1v) is 11.3. The van der Waals surface area contributed by atoms with Crippen LogP contribution in [0.15, 0.2) is 42.7 Å². The highest BCUT2D eigenvalue weighted by molar-refractivity contribution is 5.90. The summed E-state index contributed by atoms with van der Waals surface area (Å²) in [7, 11) is 0. The number of aromatic nitrogens is 5. The molecule has 0 spiro atoms. The second-order valence-corrected chi connectivity index (χ2v) is 8.94. The van der Waals surface area contributed by atoms with E-state index in [1.807, 2.05) is 29.9 Å². The molecule has 1 saturated carbocycles. The van der Waals surface area contributed by atoms with E-state index in [1.54, 1.807) is 0 Å². The maximum Gasteiger partial charge on any atom is 0.163 e. The first kappa shape index (κ1) is 20.4. The molecule has 6 rings (SSSR count). The Labute approximate surface area is 189 Å². The Hall–Kier alpha value is -3.26. The van der Waals surface area contributed by atoms with Gasteiger partial charge in [0.2, 0.25) is 0 Å². The van der Waals surface area contributed by atoms with Crippen molar-refractivity contribution in [2.45, 2.75) is 50.7 Å². The van der Waals surface area contributed by atoms with E-state index >= 15 is 0 Å². The first-order chi connectivity index (χ1) is 16.0. The maximum absolute atomic E-state index is 14.7. The summed E-state index contributed by atoms with van der Waals surface area (Å²) in [5.74, 6) is -0.633. The zero-order valence-corrected chi connectivity index (χ0v) is 18.2. The number of nitrogens with zero attached hydrogens (tertiary/aromatic N) is 5. The molecular formula is C25H23F2N5O. The van der Waals surface area contributed by atoms with Gasteiger partial charge in [0.15, 0.2) is 5.65 Å². The van der Waals surface area contributed by atoms with Crippen molar-refractivity contribution in [2.75, 3.05) is 6.61 Å². The van der Waals surface area contributed by atoms with Crippen molar-refractivity contribution in [3.05, 3.63) is 71.4 Å². The Kier molecular flexibility index (Phi) is 4.90. The van der Waals surface area contributed by atoms with Gasteiger partial charge in [0.25, 0.3) is 0 Å². The van der Waals surface area contributed by atoms with Gasteiger partial charge in [-0.15, -0.1) is 0 Å². The van der Waals surface area contributed by atoms with Gasteiger partial charge >= 0.3 is 0 Å². The highest BCUT2D eigenvalue weighted by atomic mass is 19.1. The third kappa shape index (κ3) is 3.88. The number of hydrogen-bond donors (Lipinski definition) is 0. The topological polar surface area (TPSA) is 65.7 Å². The van der Waals surface area contributed by atoms with Gasteiger partial charge in [0, 0.05) is 47.0 Å². The van der Waals surface area contributed by atoms with Crippen LogP contribution in [0, 0.1) is 18.6 Å². The number of benzene rings is 1. The Morgan fingerprint density at radius 3 is 2.73 bits per heavy atom. The van der Waals surface area contributed by atoms with Crippen molar-refractivity contribution in [1.29, 1.82) is 0 Å². The molecule has 2 fully saturated rings. The van der Waals surface area contributed by atoms with Crippen LogP contribution in [0.3, 0.4) is 0 Å². The molecule has 0 radical (unpaired) electrons. The van der Waals surface area contributed by atoms with Crippen LogP contribution in [-0.4, -0.2) is 31.3 Å². The van der Waals surface area contributed by atoms with E-state index in [2.05, 4.69) is 16.3 Å². The van der Waals surface area contributed by atoms with Crippen LogP contribution in [0.2, 0.25) is 0 Å². The second-order valence-electron chi connectivity index (χ2n) is 8.94. The lowest BCUT2D eigenvalue weighted by atomic mass is 9.92. The monoisotopic (exact) mass is 447 g/mol. The molecule has 2 aliphatic rings. The SMILES string of the molecule is Cc1ccc2c(-c3ccc(F)cc3F)nc([C@@H]3CCO[C@H](c4cnn(C5CC5)c4)C3)nc2n1. The number of rotatable bonds is 4. The summed E-state index contributed by atoms with van der Waals surface area (Å²) in [5, 5.41) is 5.14. The third-order valence-electron chi connectivity index (χ3n) is 6.47. The molecule has 33 heavy (non-hydrogen) atoms. The third-order valence-corrected chi connectivity index (χ3v) is 6.47. The summed E-state index contributed by atoms with van der Waals surface area (Å²) in [5.41, 5.74) is 3.07. The zero-order valence-electron chi connectivity index (χ0n) is 18.2. The largest absolute Gasteiger partial charge is 0.373 e. The molecule has 0 bridgehead atoms. The van der Waals surface area contributed by atoms with Crippen LogP contribution in [0.4, 0.5) is 8.78 Å². The van der Waals surface area contributed by atoms with Crippen molar-refractivity contribution in [3.63, 3.8) is 0 Å². The molecule has 2 atom stereocenters. The molecule has 168 valence electrons. The molecule has 1 saturated heterocycles. The van der Waals surface area contributed by atoms with Crippen LogP contribution < -0.4 is 0 Å². The van der Waals surface area contributed by atoms with Crippen molar-refractivity contribution in [3.8, 4) is 11.3 Å². The fraction of sp³-hybridized carbons (Fsp3) is 0.360. The van der Waals surface area contributed by atoms with E-state index in [9.17, 15) is 8.78 Å². The smallest absolute Gasteiger partial charge is 0.163 e. The minimum Gasteiger partial charge on any atom is -0.373 e. The molecule has 3 aromatic heterocycles. The predicted octanol–water partition coefficient (Wildman–Crippen LogP) is 5.45. The van der Waals surface area contributed by atoms with E-state index in [4.69, 9.17) is 14.7 Å². The highest BCUT2D eigenvalue weighted by Crippen LogP contribution is 2.40. The van der Waals surface area contributed by atoms with Gasteiger partial charge in [-0.05, 0) is 56.9 Å². The van der Waals surface area contributed by atoms with E-state index in [0.29, 0.717) is 41.6 Å². The minimum atomic E-state index is -0.654. The van der Waals surface area contributed by atoms with E-state index in [1.165, 1.54) is 25.0 Å². The van der Waals surface area contributed by atoms with Gasteiger partial charge in [-0.25, -0.2) is 23.7 Å². The number of halogens is 2. The normalized spacial score (nSPS) is 20.9. The van der Waals surface area contributed by atoms with Gasteiger partial charge in [-0.1, -0.05) is 0 Å². The van der Waals surface area contributed by atoms with Gasteiger partial charge in [-0.2, -0.15) is 5.10 Å². The van der Waals surface area contributed by atoms with Crippen molar-refractivity contribution in [1.82, 2.24) is 24.7 Å². The van der Waals surface area contributed by atoms with Crippen LogP contribution in [0.25, 0.3) is 22.3 Å². The lowest BCUT2D eigenvalue weighted by Crippen LogP contribution is -2.20. The van der Waals surface area contributed by atoms with Crippen molar-refractivity contribution < 1.29 is 13.5 Å². The van der Waals surface area contributed by atoms with E-state index < -0.39 is 11.6 Å². The quantitative estimate of drug-likeness (QED) is 0.417. The standard InChI is InChI=1S/C25H23F2N5O/c1-14-2-6-20-23(19-7-3-17(26)11-21(19)27)30-24(31-25(20)29-14)15-8-9-33-22(10-15)16-12-28-32(13-16)18-4-5-18/h2-3,6-7,11-13,15,18,22H,4-5,8-10H2,1H3/t15-,22+/m1/s1. The van der Waals surface area contributed by atoms with Gasteiger partial charge in [0.1, 0.15) is 17.5 Å². The lowest BCUT2D eigenvalue weighted by molar-refractivity contribution is 0.00396. The number of fused-ring (bicyclic) bond motifs is 1. The molecule has 4 aromatic rings. The number of pyridine rings is 1. The maximum atomic E-state index is 14.7. The Morgan fingerprint density at radius 1 is 1.03 bits per heavy atom. The van der Waals surface area contributed by atoms with Crippen LogP contribution >= 0.6 is 0 Å². The molecule has 1 aromatic carbocycles. The van der Waals surface area contributed by atoms with Crippen LogP contribution in [0.5, 0.6) is 0 Å². The molecule has 0 N–H and O–H groups in total. The molecule has 0 unspecified atom stereocenters. The van der Waals surface area contributed by atoms with E-state index in [-0.39, 0.29) is 17.6 Å². The van der Waals surface area contributed by atoms with Gasteiger partial charge in [0.05, 0.1) is 24.0 Å². The van der Waals surface area contributed by atoms with Gasteiger partial charge < -0.3 is 4.74 Å². The van der Waals surface area contributed by atoms with E-state index in [0.717, 1.165) is 23.7 Å². The van der Waals surface area contributed by atoms with Crippen LogP contribution in [0.1, 0.15) is 60.8 Å². The molecule has 6 nitrogen and oxygen atoms in total. The Morgan fingerprint density at radius 2 is 1.91 bits per heavy atom. The average Bonchev–Trinajstić information content (AvgIpc) is 3.54. The fourth-order valence-electron chi connectivity index (χ4n) is 4.51. The summed E-state index contributed by atoms with van der Waals surface area (Å²) in [4.78, 5) is 14.1. The molecular weight excluding hydrogens is 424 g/mol. The Balaban J connectivity index is 1.39. The first-order valence-electron chi connectivity index (χ1n) is 11.3. The second kappa shape index (κ2) is 7.95. The molecule has 4 heterocycles. The number of aryl methyl sites for hydroxylation is 1. The molecule has 8 heteroatoms. The summed E-state index contributed by atoms with van der Waals surface area (Å²) in [6.45, 7) is 2.47. The average molecular weight is 447 g/mol. The van der Waals surface area contributed by atoms with Crippen LogP contribution in [-0.2, 0) is 4.74 Å². The summed E-state index contributed by atoms with van der Waals surface area (Å²) >= 11 is 0. The molecule has 1 aliphatic carbocycles. The number of hydrogen-bond acceptors (Lipinski definition) is 5. The Bertz CT molecular complexity index is 1350. The lowest BCUT2D eigenvalue weighted by Gasteiger charge is -2.28. The summed E-state index contributed by atoms with van der Waals surface area (Å²) in [6, 6.07) is 7.76. The predicted molar refractivity (Wildman–Crippen MR) is 119 cm³/mol. The highest BCUT2D eigenvalue weighted by Gasteiger charge is 2.31. The van der Waals surface area contributed by atoms with Crippen molar-refractivity contribution >= 4 is 11.0 Å². The number of ether oxygens (including phenoxy) is 1. The summed E-state index contributed by atoms with van der Waals surface area (Å²) < 4.78 is 36.4. The minimum absolute atomic E-state index is 0.0296. The van der Waals surface area contributed by atoms with Gasteiger partial charge in [-0.3, -0.25) is 4.68 Å². The molecule has 1 aliphatic heterocycles.